The van der Waals surface area contributed by atoms with Crippen LogP contribution >= 0.6 is 0 Å². The van der Waals surface area contributed by atoms with Gasteiger partial charge in [-0.1, -0.05) is 19.1 Å². The number of hydrogen-bond acceptors (Lipinski definition) is 4. The van der Waals surface area contributed by atoms with Crippen LogP contribution in [-0.4, -0.2) is 21.8 Å². The molecule has 0 bridgehead atoms. The van der Waals surface area contributed by atoms with E-state index in [1.54, 1.807) is 6.33 Å². The second kappa shape index (κ2) is 7.05. The highest BCUT2D eigenvalue weighted by Gasteiger charge is 2.06. The standard InChI is InChI=1S/C15H22N4O/c1-4-8-19-15(17-11-18-19)10-20-14-7-5-6-13(9-14)12(2)16-3/h5-7,9,11-12,16H,4,8,10H2,1-3H3. The molecule has 2 rings (SSSR count). The SMILES string of the molecule is CCCn1ncnc1COc1cccc(C(C)NC)c1. The summed E-state index contributed by atoms with van der Waals surface area (Å²) in [6.45, 7) is 5.55. The minimum Gasteiger partial charge on any atom is -0.486 e. The highest BCUT2D eigenvalue weighted by Crippen LogP contribution is 2.19. The Morgan fingerprint density at radius 2 is 2.25 bits per heavy atom. The van der Waals surface area contributed by atoms with Crippen LogP contribution < -0.4 is 10.1 Å². The summed E-state index contributed by atoms with van der Waals surface area (Å²) in [5.74, 6) is 1.72. The molecule has 5 nitrogen and oxygen atoms in total. The fraction of sp³-hybridized carbons (Fsp3) is 0.467. The third-order valence-electron chi connectivity index (χ3n) is 3.29. The van der Waals surface area contributed by atoms with E-state index in [0.29, 0.717) is 12.6 Å². The first-order valence-electron chi connectivity index (χ1n) is 7.01. The van der Waals surface area contributed by atoms with Gasteiger partial charge < -0.3 is 10.1 Å². The van der Waals surface area contributed by atoms with Crippen molar-refractivity contribution in [3.05, 3.63) is 42.0 Å². The maximum atomic E-state index is 5.82. The molecule has 20 heavy (non-hydrogen) atoms. The second-order valence-electron chi connectivity index (χ2n) is 4.77. The van der Waals surface area contributed by atoms with Crippen molar-refractivity contribution in [2.45, 2.75) is 39.5 Å². The van der Waals surface area contributed by atoms with E-state index in [-0.39, 0.29) is 0 Å². The molecule has 0 aliphatic carbocycles. The minimum absolute atomic E-state index is 0.308. The predicted molar refractivity (Wildman–Crippen MR) is 78.6 cm³/mol. The molecule has 0 aliphatic rings. The van der Waals surface area contributed by atoms with Crippen LogP contribution in [0, 0.1) is 0 Å². The van der Waals surface area contributed by atoms with E-state index in [9.17, 15) is 0 Å². The summed E-state index contributed by atoms with van der Waals surface area (Å²) >= 11 is 0. The molecule has 1 N–H and O–H groups in total. The number of aryl methyl sites for hydroxylation is 1. The molecule has 0 saturated carbocycles. The van der Waals surface area contributed by atoms with Crippen molar-refractivity contribution in [2.75, 3.05) is 7.05 Å². The van der Waals surface area contributed by atoms with Gasteiger partial charge in [-0.05, 0) is 38.1 Å². The molecule has 0 amide bonds. The number of hydrogen-bond donors (Lipinski definition) is 1. The maximum Gasteiger partial charge on any atom is 0.164 e. The Hall–Kier alpha value is -1.88. The van der Waals surface area contributed by atoms with Gasteiger partial charge in [0.2, 0.25) is 0 Å². The average Bonchev–Trinajstić information content (AvgIpc) is 2.92. The lowest BCUT2D eigenvalue weighted by Gasteiger charge is -2.12. The average molecular weight is 274 g/mol. The monoisotopic (exact) mass is 274 g/mol. The molecule has 0 spiro atoms. The zero-order valence-electron chi connectivity index (χ0n) is 12.3. The van der Waals surface area contributed by atoms with Gasteiger partial charge in [0.05, 0.1) is 0 Å². The summed E-state index contributed by atoms with van der Waals surface area (Å²) in [7, 11) is 1.95. The van der Waals surface area contributed by atoms with Gasteiger partial charge in [0.1, 0.15) is 18.7 Å². The van der Waals surface area contributed by atoms with Crippen molar-refractivity contribution in [3.8, 4) is 5.75 Å². The quantitative estimate of drug-likeness (QED) is 0.843. The summed E-state index contributed by atoms with van der Waals surface area (Å²) < 4.78 is 7.71. The van der Waals surface area contributed by atoms with Crippen LogP contribution in [0.25, 0.3) is 0 Å². The van der Waals surface area contributed by atoms with Crippen LogP contribution in [0.15, 0.2) is 30.6 Å². The number of rotatable bonds is 7. The topological polar surface area (TPSA) is 52.0 Å². The van der Waals surface area contributed by atoms with Gasteiger partial charge in [-0.25, -0.2) is 9.67 Å². The minimum atomic E-state index is 0.308. The smallest absolute Gasteiger partial charge is 0.164 e. The zero-order chi connectivity index (χ0) is 14.4. The van der Waals surface area contributed by atoms with Gasteiger partial charge >= 0.3 is 0 Å². The maximum absolute atomic E-state index is 5.82. The lowest BCUT2D eigenvalue weighted by Crippen LogP contribution is -2.12. The number of ether oxygens (including phenoxy) is 1. The molecular weight excluding hydrogens is 252 g/mol. The molecule has 0 fully saturated rings. The van der Waals surface area contributed by atoms with Gasteiger partial charge in [0.25, 0.3) is 0 Å². The van der Waals surface area contributed by atoms with Crippen molar-refractivity contribution in [3.63, 3.8) is 0 Å². The highest BCUT2D eigenvalue weighted by molar-refractivity contribution is 5.30. The van der Waals surface area contributed by atoms with Crippen molar-refractivity contribution in [1.82, 2.24) is 20.1 Å². The Labute approximate surface area is 120 Å². The first-order chi connectivity index (χ1) is 9.74. The Morgan fingerprint density at radius 3 is 3.00 bits per heavy atom. The first-order valence-corrected chi connectivity index (χ1v) is 7.01. The molecule has 1 unspecified atom stereocenters. The largest absolute Gasteiger partial charge is 0.486 e. The third-order valence-corrected chi connectivity index (χ3v) is 3.29. The molecule has 1 atom stereocenters. The van der Waals surface area contributed by atoms with Crippen molar-refractivity contribution >= 4 is 0 Å². The number of benzene rings is 1. The molecule has 0 saturated heterocycles. The van der Waals surface area contributed by atoms with E-state index in [1.165, 1.54) is 5.56 Å². The molecule has 108 valence electrons. The van der Waals surface area contributed by atoms with Gasteiger partial charge in [0, 0.05) is 12.6 Å². The summed E-state index contributed by atoms with van der Waals surface area (Å²) in [4.78, 5) is 4.24. The lowest BCUT2D eigenvalue weighted by atomic mass is 10.1. The van der Waals surface area contributed by atoms with Crippen LogP contribution in [0.5, 0.6) is 5.75 Å². The highest BCUT2D eigenvalue weighted by atomic mass is 16.5. The molecule has 1 aromatic heterocycles. The van der Waals surface area contributed by atoms with Crippen LogP contribution in [0.3, 0.4) is 0 Å². The number of nitrogens with one attached hydrogen (secondary N) is 1. The summed E-state index contributed by atoms with van der Waals surface area (Å²) in [6.07, 6.45) is 2.61. The Morgan fingerprint density at radius 1 is 1.40 bits per heavy atom. The summed E-state index contributed by atoms with van der Waals surface area (Å²) in [5.41, 5.74) is 1.21. The molecule has 1 heterocycles. The Balaban J connectivity index is 2.01. The summed E-state index contributed by atoms with van der Waals surface area (Å²) in [5, 5.41) is 7.41. The zero-order valence-corrected chi connectivity index (χ0v) is 12.3. The van der Waals surface area contributed by atoms with Crippen LogP contribution in [0.4, 0.5) is 0 Å². The molecule has 0 radical (unpaired) electrons. The van der Waals surface area contributed by atoms with E-state index in [4.69, 9.17) is 4.74 Å². The lowest BCUT2D eigenvalue weighted by molar-refractivity contribution is 0.285. The van der Waals surface area contributed by atoms with E-state index >= 15 is 0 Å². The predicted octanol–water partition coefficient (Wildman–Crippen LogP) is 2.55. The van der Waals surface area contributed by atoms with Gasteiger partial charge in [-0.3, -0.25) is 0 Å². The van der Waals surface area contributed by atoms with Crippen LogP contribution in [0.2, 0.25) is 0 Å². The normalized spacial score (nSPS) is 12.3. The van der Waals surface area contributed by atoms with Crippen molar-refractivity contribution in [2.24, 2.45) is 0 Å². The Kier molecular flexibility index (Phi) is 5.12. The van der Waals surface area contributed by atoms with Crippen LogP contribution in [-0.2, 0) is 13.2 Å². The molecule has 5 heteroatoms. The molecule has 2 aromatic rings. The molecular formula is C15H22N4O. The fourth-order valence-electron chi connectivity index (χ4n) is 1.99. The number of nitrogens with zero attached hydrogens (tertiary/aromatic N) is 3. The third kappa shape index (κ3) is 3.57. The van der Waals surface area contributed by atoms with Crippen molar-refractivity contribution in [1.29, 1.82) is 0 Å². The van der Waals surface area contributed by atoms with Crippen molar-refractivity contribution < 1.29 is 4.74 Å². The molecule has 1 aromatic carbocycles. The van der Waals surface area contributed by atoms with Gasteiger partial charge in [0.15, 0.2) is 5.82 Å². The van der Waals surface area contributed by atoms with E-state index in [0.717, 1.165) is 24.5 Å². The van der Waals surface area contributed by atoms with Gasteiger partial charge in [-0.15, -0.1) is 0 Å². The van der Waals surface area contributed by atoms with Crippen LogP contribution in [0.1, 0.15) is 37.7 Å². The van der Waals surface area contributed by atoms with E-state index < -0.39 is 0 Å². The first kappa shape index (κ1) is 14.5. The fourth-order valence-corrected chi connectivity index (χ4v) is 1.99. The van der Waals surface area contributed by atoms with E-state index in [2.05, 4.69) is 41.4 Å². The number of aromatic nitrogens is 3. The molecule has 0 aliphatic heterocycles. The second-order valence-corrected chi connectivity index (χ2v) is 4.77. The Bertz CT molecular complexity index is 538. The summed E-state index contributed by atoms with van der Waals surface area (Å²) in [6, 6.07) is 8.43. The van der Waals surface area contributed by atoms with E-state index in [1.807, 2.05) is 23.9 Å². The van der Waals surface area contributed by atoms with Gasteiger partial charge in [-0.2, -0.15) is 5.10 Å².